The number of hydrogen-bond acceptors (Lipinski definition) is 8. The summed E-state index contributed by atoms with van der Waals surface area (Å²) in [7, 11) is 0. The Balaban J connectivity index is 1.30. The minimum Gasteiger partial charge on any atom is -0.478 e. The third-order valence-corrected chi connectivity index (χ3v) is 10.9. The van der Waals surface area contributed by atoms with E-state index in [2.05, 4.69) is 25.8 Å². The summed E-state index contributed by atoms with van der Waals surface area (Å²) < 4.78 is 32.1. The van der Waals surface area contributed by atoms with Gasteiger partial charge in [-0.2, -0.15) is 0 Å². The summed E-state index contributed by atoms with van der Waals surface area (Å²) in [5.74, 6) is 0.599. The number of rotatable bonds is 6. The van der Waals surface area contributed by atoms with Gasteiger partial charge in [0.05, 0.1) is 12.7 Å². The van der Waals surface area contributed by atoms with E-state index in [-0.39, 0.29) is 28.8 Å². The van der Waals surface area contributed by atoms with Crippen LogP contribution >= 0.6 is 0 Å². The first-order chi connectivity index (χ1) is 21.7. The molecule has 236 valence electrons. The van der Waals surface area contributed by atoms with Gasteiger partial charge in [-0.05, 0) is 67.7 Å². The van der Waals surface area contributed by atoms with Crippen LogP contribution in [0.3, 0.4) is 0 Å². The number of benzene rings is 1. The number of pyridine rings is 1. The van der Waals surface area contributed by atoms with Crippen LogP contribution in [0, 0.1) is 16.7 Å². The van der Waals surface area contributed by atoms with Crippen LogP contribution in [0.1, 0.15) is 83.6 Å². The fraction of sp³-hybridized carbons (Fsp3) is 0.486. The lowest BCUT2D eigenvalue weighted by molar-refractivity contribution is -0.307. The second-order valence-electron chi connectivity index (χ2n) is 13.7. The summed E-state index contributed by atoms with van der Waals surface area (Å²) in [6.45, 7) is 9.08. The van der Waals surface area contributed by atoms with E-state index in [0.29, 0.717) is 42.1 Å². The Hall–Kier alpha value is -3.75. The molecule has 0 spiro atoms. The minimum absolute atomic E-state index is 0.0376. The molecule has 0 radical (unpaired) electrons. The van der Waals surface area contributed by atoms with Gasteiger partial charge in [-0.1, -0.05) is 57.5 Å². The van der Waals surface area contributed by atoms with Crippen LogP contribution in [0.2, 0.25) is 0 Å². The molecule has 4 heterocycles. The van der Waals surface area contributed by atoms with Crippen LogP contribution < -0.4 is 10.4 Å². The Bertz CT molecular complexity index is 1670. The van der Waals surface area contributed by atoms with Gasteiger partial charge in [-0.3, -0.25) is 9.78 Å². The molecule has 3 aromatic rings. The average molecular weight is 612 g/mol. The van der Waals surface area contributed by atoms with Crippen molar-refractivity contribution in [3.63, 3.8) is 0 Å². The van der Waals surface area contributed by atoms with E-state index >= 15 is 0 Å². The fourth-order valence-corrected chi connectivity index (χ4v) is 8.41. The topological polar surface area (TPSA) is 97.1 Å². The van der Waals surface area contributed by atoms with Gasteiger partial charge in [0.15, 0.2) is 11.9 Å². The molecule has 0 N–H and O–H groups in total. The second kappa shape index (κ2) is 11.2. The van der Waals surface area contributed by atoms with E-state index in [0.717, 1.165) is 36.8 Å². The van der Waals surface area contributed by atoms with Gasteiger partial charge in [0.2, 0.25) is 0 Å². The minimum atomic E-state index is -0.980. The molecular weight excluding hydrogens is 570 g/mol. The van der Waals surface area contributed by atoms with Crippen molar-refractivity contribution in [1.82, 2.24) is 4.98 Å². The first kappa shape index (κ1) is 29.9. The smallest absolute Gasteiger partial charge is 0.347 e. The molecule has 7 rings (SSSR count). The third-order valence-electron chi connectivity index (χ3n) is 10.9. The van der Waals surface area contributed by atoms with Crippen LogP contribution in [0.4, 0.5) is 0 Å². The van der Waals surface area contributed by atoms with E-state index in [9.17, 15) is 9.59 Å². The summed E-state index contributed by atoms with van der Waals surface area (Å²) in [4.78, 5) is 30.9. The van der Waals surface area contributed by atoms with Gasteiger partial charge in [0, 0.05) is 41.4 Å². The molecule has 2 saturated carbocycles. The molecule has 1 aromatic carbocycles. The molecule has 8 heteroatoms. The fourth-order valence-electron chi connectivity index (χ4n) is 8.41. The first-order valence-electron chi connectivity index (χ1n) is 16.2. The Morgan fingerprint density at radius 2 is 1.93 bits per heavy atom. The molecule has 45 heavy (non-hydrogen) atoms. The van der Waals surface area contributed by atoms with Crippen molar-refractivity contribution < 1.29 is 28.2 Å². The third kappa shape index (κ3) is 4.93. The normalized spacial score (nSPS) is 33.4. The van der Waals surface area contributed by atoms with Crippen LogP contribution in [0.25, 0.3) is 17.4 Å². The number of ether oxygens (including phenoxy) is 4. The molecule has 1 saturated heterocycles. The zero-order valence-electron chi connectivity index (χ0n) is 26.4. The van der Waals surface area contributed by atoms with Crippen LogP contribution in [0.5, 0.6) is 5.75 Å². The van der Waals surface area contributed by atoms with E-state index in [4.69, 9.17) is 23.4 Å². The van der Waals surface area contributed by atoms with Crippen molar-refractivity contribution in [2.45, 2.75) is 90.3 Å². The Morgan fingerprint density at radius 3 is 2.69 bits per heavy atom. The summed E-state index contributed by atoms with van der Waals surface area (Å²) in [6, 6.07) is 15.4. The van der Waals surface area contributed by atoms with Gasteiger partial charge in [-0.25, -0.2) is 4.79 Å². The maximum Gasteiger partial charge on any atom is 0.347 e. The number of carbonyl (C=O) groups excluding carboxylic acids is 1. The second-order valence-corrected chi connectivity index (χ2v) is 13.7. The maximum absolute atomic E-state index is 13.5. The molecule has 2 aromatic heterocycles. The molecule has 3 fully saturated rings. The van der Waals surface area contributed by atoms with Gasteiger partial charge in [0.25, 0.3) is 0 Å². The quantitative estimate of drug-likeness (QED) is 0.268. The van der Waals surface area contributed by atoms with Crippen molar-refractivity contribution >= 4 is 12.0 Å². The number of nitrogens with zero attached hydrogens (tertiary/aromatic N) is 1. The number of hydrogen-bond donors (Lipinski definition) is 0. The lowest BCUT2D eigenvalue weighted by atomic mass is 9.45. The molecule has 2 unspecified atom stereocenters. The van der Waals surface area contributed by atoms with Crippen LogP contribution in [-0.2, 0) is 19.0 Å². The van der Waals surface area contributed by atoms with E-state index in [1.54, 1.807) is 24.5 Å². The molecule has 2 aliphatic heterocycles. The zero-order valence-corrected chi connectivity index (χ0v) is 26.4. The van der Waals surface area contributed by atoms with Gasteiger partial charge >= 0.3 is 11.6 Å². The Kier molecular flexibility index (Phi) is 7.48. The summed E-state index contributed by atoms with van der Waals surface area (Å²) >= 11 is 0. The maximum atomic E-state index is 13.5. The zero-order chi connectivity index (χ0) is 31.4. The van der Waals surface area contributed by atoms with Crippen molar-refractivity contribution in [3.05, 3.63) is 88.0 Å². The average Bonchev–Trinajstić information content (AvgIpc) is 3.04. The van der Waals surface area contributed by atoms with Crippen molar-refractivity contribution in [2.24, 2.45) is 16.7 Å². The number of fused-ring (bicyclic) bond motifs is 6. The molecule has 2 aliphatic carbocycles. The van der Waals surface area contributed by atoms with Crippen molar-refractivity contribution in [2.75, 3.05) is 6.61 Å². The summed E-state index contributed by atoms with van der Waals surface area (Å²) in [6.07, 6.45) is 8.48. The highest BCUT2D eigenvalue weighted by atomic mass is 16.7. The number of aromatic nitrogens is 1. The monoisotopic (exact) mass is 611 g/mol. The highest BCUT2D eigenvalue weighted by molar-refractivity contribution is 5.72. The van der Waals surface area contributed by atoms with E-state index < -0.39 is 23.6 Å². The highest BCUT2D eigenvalue weighted by Gasteiger charge is 2.66. The summed E-state index contributed by atoms with van der Waals surface area (Å²) in [5.41, 5.74) is 0.832. The SMILES string of the molecule is CCCCC(=O)O[C@H]1C[C@@H]2[C@](C)(CCC3OC(c4ccccc4)OC[C@]32C)C2=Cc3c(cc(-c4cccnc4)oc3=O)O[C@@]21C. The predicted molar refractivity (Wildman–Crippen MR) is 168 cm³/mol. The lowest BCUT2D eigenvalue weighted by Crippen LogP contribution is -2.67. The molecule has 4 aliphatic rings. The first-order valence-corrected chi connectivity index (χ1v) is 16.2. The Morgan fingerprint density at radius 1 is 1.11 bits per heavy atom. The molecular formula is C37H41NO7. The standard InChI is InChI=1S/C37H41NO7/c1-5-6-14-32(39)43-31-20-28-35(2,16-15-30-36(28,3)22-41-34(44-30)23-11-8-7-9-12-23)29-18-25-27(45-37(29,31)4)19-26(42-33(25)40)24-13-10-17-38-21-24/h7-13,17-19,21,28,30-31,34H,5-6,14-16,20,22H2,1-4H3/t28-,30?,31+,34?,35+,36+,37+/m1/s1. The largest absolute Gasteiger partial charge is 0.478 e. The van der Waals surface area contributed by atoms with Crippen LogP contribution in [-0.4, -0.2) is 35.4 Å². The van der Waals surface area contributed by atoms with E-state index in [1.807, 2.05) is 49.4 Å². The number of esters is 1. The number of unbranched alkanes of at least 4 members (excludes halogenated alkanes) is 1. The predicted octanol–water partition coefficient (Wildman–Crippen LogP) is 7.28. The molecule has 0 amide bonds. The highest BCUT2D eigenvalue weighted by Crippen LogP contribution is 2.66. The molecule has 7 atom stereocenters. The molecule has 8 nitrogen and oxygen atoms in total. The van der Waals surface area contributed by atoms with Gasteiger partial charge in [-0.15, -0.1) is 0 Å². The molecule has 0 bridgehead atoms. The lowest BCUT2D eigenvalue weighted by Gasteiger charge is -2.64. The number of carbonyl (C=O) groups is 1. The van der Waals surface area contributed by atoms with Crippen molar-refractivity contribution in [1.29, 1.82) is 0 Å². The van der Waals surface area contributed by atoms with E-state index in [1.165, 1.54) is 0 Å². The summed E-state index contributed by atoms with van der Waals surface area (Å²) in [5, 5.41) is 0. The van der Waals surface area contributed by atoms with Crippen LogP contribution in [0.15, 0.2) is 75.7 Å². The van der Waals surface area contributed by atoms with Gasteiger partial charge in [0.1, 0.15) is 23.2 Å². The van der Waals surface area contributed by atoms with Crippen molar-refractivity contribution in [3.8, 4) is 17.1 Å². The van der Waals surface area contributed by atoms with Gasteiger partial charge < -0.3 is 23.4 Å². The Labute approximate surface area is 263 Å².